The van der Waals surface area contributed by atoms with Crippen molar-refractivity contribution < 1.29 is 13.2 Å². The molecule has 0 bridgehead atoms. The predicted octanol–water partition coefficient (Wildman–Crippen LogP) is 0.564. The molecule has 0 saturated carbocycles. The largest absolute Gasteiger partial charge is 0.359 e. The molecule has 0 aliphatic rings. The van der Waals surface area contributed by atoms with Crippen LogP contribution in [-0.2, 0) is 18.3 Å². The predicted molar refractivity (Wildman–Crippen MR) is 42.3 cm³/mol. The molecule has 0 rings (SSSR count). The third-order valence-corrected chi connectivity index (χ3v) is 3.57. The molecule has 0 heterocycles. The van der Waals surface area contributed by atoms with Gasteiger partial charge in [-0.1, -0.05) is 0 Å². The van der Waals surface area contributed by atoms with Gasteiger partial charge in [0.25, 0.3) is 0 Å². The summed E-state index contributed by atoms with van der Waals surface area (Å²) in [5.74, 6) is -0.111. The van der Waals surface area contributed by atoms with Crippen LogP contribution in [0.15, 0.2) is 0 Å². The summed E-state index contributed by atoms with van der Waals surface area (Å²) in [5.41, 5.74) is 0. The van der Waals surface area contributed by atoms with Crippen molar-refractivity contribution in [1.82, 2.24) is 0 Å². The maximum atomic E-state index is 11.5. The van der Waals surface area contributed by atoms with E-state index in [0.717, 1.165) is 0 Å². The first-order valence-corrected chi connectivity index (χ1v) is 5.93. The number of carbonyl (C=O) groups is 1. The average molecular weight is 166 g/mol. The van der Waals surface area contributed by atoms with Gasteiger partial charge in [-0.2, -0.15) is 13.6 Å². The molecule has 0 N–H and O–H groups in total. The highest BCUT2D eigenvalue weighted by atomic mass is 32.3. The van der Waals surface area contributed by atoms with Crippen molar-refractivity contribution in [1.29, 1.82) is 0 Å². The summed E-state index contributed by atoms with van der Waals surface area (Å²) in [6.07, 6.45) is 2.94. The second-order valence-corrected chi connectivity index (χ2v) is 7.48. The van der Waals surface area contributed by atoms with Crippen LogP contribution in [-0.4, -0.2) is 28.4 Å². The van der Waals surface area contributed by atoms with Crippen LogP contribution < -0.4 is 0 Å². The van der Waals surface area contributed by atoms with Crippen LogP contribution in [0.3, 0.4) is 0 Å². The van der Waals surface area contributed by atoms with Crippen molar-refractivity contribution in [2.24, 2.45) is 0 Å². The molecule has 0 aliphatic carbocycles. The van der Waals surface area contributed by atoms with E-state index in [0.29, 0.717) is 5.75 Å². The summed E-state index contributed by atoms with van der Waals surface area (Å²) in [5, 5.41) is 0. The van der Waals surface area contributed by atoms with E-state index >= 15 is 0 Å². The zero-order valence-corrected chi connectivity index (χ0v) is 7.66. The minimum Gasteiger partial charge on any atom is -0.359 e. The average Bonchev–Trinajstić information content (AvgIpc) is 1.61. The van der Waals surface area contributed by atoms with Crippen LogP contribution >= 0.6 is 0 Å². The van der Waals surface area contributed by atoms with Crippen LogP contribution in [0.1, 0.15) is 13.8 Å². The Bertz CT molecular complexity index is 201. The Kier molecular flexibility index (Phi) is 2.25. The van der Waals surface area contributed by atoms with Crippen LogP contribution in [0, 0.1) is 0 Å². The zero-order valence-electron chi connectivity index (χ0n) is 6.84. The summed E-state index contributed by atoms with van der Waals surface area (Å²) < 4.78 is 16.2. The molecule has 62 valence electrons. The molecule has 0 amide bonds. The molecule has 0 saturated heterocycles. The molecule has 3 nitrogen and oxygen atoms in total. The van der Waals surface area contributed by atoms with Crippen LogP contribution in [0.5, 0.6) is 0 Å². The topological polar surface area (TPSA) is 43.4 Å². The van der Waals surface area contributed by atoms with Gasteiger partial charge in [0.05, 0.1) is 0 Å². The van der Waals surface area contributed by atoms with E-state index in [9.17, 15) is 9.00 Å². The fourth-order valence-electron chi connectivity index (χ4n) is 0.425. The minimum absolute atomic E-state index is 0.372. The van der Waals surface area contributed by atoms with Crippen LogP contribution in [0.2, 0.25) is 0 Å². The number of hydrogen-bond donors (Lipinski definition) is 0. The van der Waals surface area contributed by atoms with Gasteiger partial charge in [0.1, 0.15) is 0 Å². The molecule has 0 unspecified atom stereocenters. The molecule has 0 aromatic carbocycles. The molecule has 10 heavy (non-hydrogen) atoms. The van der Waals surface area contributed by atoms with Crippen molar-refractivity contribution in [3.8, 4) is 0 Å². The Morgan fingerprint density at radius 2 is 1.90 bits per heavy atom. The van der Waals surface area contributed by atoms with Gasteiger partial charge in [0.15, 0.2) is 0 Å². The molecule has 0 aliphatic heterocycles. The fraction of sp³-hybridized carbons (Fsp3) is 0.833. The molecule has 0 fully saturated rings. The Morgan fingerprint density at radius 1 is 1.50 bits per heavy atom. The molecule has 0 atom stereocenters. The van der Waals surface area contributed by atoms with Gasteiger partial charge in [-0.15, -0.1) is 0 Å². The van der Waals surface area contributed by atoms with E-state index in [1.54, 1.807) is 6.92 Å². The van der Waals surface area contributed by atoms with Gasteiger partial charge in [-0.3, -0.25) is 4.79 Å². The van der Waals surface area contributed by atoms with Gasteiger partial charge >= 0.3 is 5.97 Å². The summed E-state index contributed by atoms with van der Waals surface area (Å²) in [6, 6.07) is 0. The molecule has 0 aromatic heterocycles. The third kappa shape index (κ3) is 3.61. The fourth-order valence-corrected chi connectivity index (χ4v) is 1.27. The maximum Gasteiger partial charge on any atom is 0.324 e. The number of rotatable bonds is 2. The van der Waals surface area contributed by atoms with Gasteiger partial charge in [-0.05, 0) is 6.92 Å². The quantitative estimate of drug-likeness (QED) is 0.602. The van der Waals surface area contributed by atoms with Crippen LogP contribution in [0.25, 0.3) is 0 Å². The molecule has 0 aromatic rings. The summed E-state index contributed by atoms with van der Waals surface area (Å²) in [6.45, 7) is 2.99. The maximum absolute atomic E-state index is 11.5. The Balaban J connectivity index is 4.41. The smallest absolute Gasteiger partial charge is 0.324 e. The van der Waals surface area contributed by atoms with E-state index in [2.05, 4.69) is 4.18 Å². The Hall–Kier alpha value is -0.380. The standard InChI is InChI=1S/C6H14O3S/c1-5-10(3,4,8)9-6(2)7/h5H2,1-4H3. The number of carbonyl (C=O) groups excluding carboxylic acids is 1. The lowest BCUT2D eigenvalue weighted by molar-refractivity contribution is -0.131. The van der Waals surface area contributed by atoms with Gasteiger partial charge in [-0.25, -0.2) is 0 Å². The first-order chi connectivity index (χ1) is 4.24. The Morgan fingerprint density at radius 3 is 2.00 bits per heavy atom. The molecule has 4 heteroatoms. The van der Waals surface area contributed by atoms with E-state index in [4.69, 9.17) is 0 Å². The molecular formula is C6H14O3S. The summed E-state index contributed by atoms with van der Waals surface area (Å²) in [7, 11) is -3.07. The lowest BCUT2D eigenvalue weighted by Crippen LogP contribution is -2.36. The molecule has 0 spiro atoms. The van der Waals surface area contributed by atoms with E-state index < -0.39 is 15.3 Å². The van der Waals surface area contributed by atoms with E-state index in [-0.39, 0.29) is 0 Å². The van der Waals surface area contributed by atoms with E-state index in [1.165, 1.54) is 19.4 Å². The monoisotopic (exact) mass is 166 g/mol. The van der Waals surface area contributed by atoms with E-state index in [1.807, 2.05) is 0 Å². The highest BCUT2D eigenvalue weighted by molar-refractivity contribution is 8.15. The first-order valence-electron chi connectivity index (χ1n) is 3.05. The Labute approximate surface area is 61.4 Å². The third-order valence-electron chi connectivity index (χ3n) is 1.19. The summed E-state index contributed by atoms with van der Waals surface area (Å²) >= 11 is 0. The lowest BCUT2D eigenvalue weighted by Gasteiger charge is -2.37. The highest BCUT2D eigenvalue weighted by Gasteiger charge is 2.18. The molecular weight excluding hydrogens is 152 g/mol. The lowest BCUT2D eigenvalue weighted by atomic mass is 10.9. The normalized spacial score (nSPS) is 15.4. The van der Waals surface area contributed by atoms with Gasteiger partial charge in [0.2, 0.25) is 0 Å². The SMILES string of the molecule is CCS(C)(C)(=O)OC(C)=O. The zero-order chi connectivity index (χ0) is 8.44. The van der Waals surface area contributed by atoms with Gasteiger partial charge < -0.3 is 4.18 Å². The van der Waals surface area contributed by atoms with Gasteiger partial charge in [0, 0.05) is 25.2 Å². The second kappa shape index (κ2) is 2.34. The van der Waals surface area contributed by atoms with Crippen molar-refractivity contribution in [2.45, 2.75) is 13.8 Å². The van der Waals surface area contributed by atoms with Crippen molar-refractivity contribution in [3.63, 3.8) is 0 Å². The molecule has 0 radical (unpaired) electrons. The number of hydrogen-bond acceptors (Lipinski definition) is 3. The highest BCUT2D eigenvalue weighted by Crippen LogP contribution is 2.18. The van der Waals surface area contributed by atoms with Crippen molar-refractivity contribution in [2.75, 3.05) is 18.3 Å². The summed E-state index contributed by atoms with van der Waals surface area (Å²) in [4.78, 5) is 10.4. The van der Waals surface area contributed by atoms with Crippen molar-refractivity contribution >= 4 is 15.3 Å². The minimum atomic E-state index is -3.07. The van der Waals surface area contributed by atoms with Crippen molar-refractivity contribution in [3.05, 3.63) is 0 Å². The van der Waals surface area contributed by atoms with Crippen LogP contribution in [0.4, 0.5) is 0 Å². The second-order valence-electron chi connectivity index (χ2n) is 2.82. The first kappa shape index (κ1) is 9.62.